The van der Waals surface area contributed by atoms with Crippen molar-refractivity contribution in [3.05, 3.63) is 0 Å². The summed E-state index contributed by atoms with van der Waals surface area (Å²) in [5.74, 6) is 0. The number of rotatable bonds is 6. The maximum atomic E-state index is 9.79. The van der Waals surface area contributed by atoms with E-state index in [0.29, 0.717) is 12.6 Å². The zero-order chi connectivity index (χ0) is 12.7. The van der Waals surface area contributed by atoms with Gasteiger partial charge in [-0.3, -0.25) is 0 Å². The highest BCUT2D eigenvalue weighted by Gasteiger charge is 2.18. The van der Waals surface area contributed by atoms with Gasteiger partial charge in [-0.1, -0.05) is 0 Å². The summed E-state index contributed by atoms with van der Waals surface area (Å²) < 4.78 is 5.61. The van der Waals surface area contributed by atoms with E-state index >= 15 is 0 Å². The summed E-state index contributed by atoms with van der Waals surface area (Å²) in [7, 11) is 0. The summed E-state index contributed by atoms with van der Waals surface area (Å²) in [6, 6.07) is 0. The van der Waals surface area contributed by atoms with Crippen LogP contribution in [0, 0.1) is 0 Å². The fourth-order valence-corrected chi connectivity index (χ4v) is 2.23. The Bertz CT molecular complexity index is 210. The molecule has 0 spiro atoms. The lowest BCUT2D eigenvalue weighted by atomic mass is 9.99. The van der Waals surface area contributed by atoms with Crippen LogP contribution >= 0.6 is 0 Å². The molecule has 0 aromatic rings. The Morgan fingerprint density at radius 3 is 2.94 bits per heavy atom. The Morgan fingerprint density at radius 1 is 1.47 bits per heavy atom. The molecule has 1 aliphatic heterocycles. The van der Waals surface area contributed by atoms with Crippen LogP contribution in [0.25, 0.3) is 0 Å². The minimum atomic E-state index is -0.685. The van der Waals surface area contributed by atoms with Crippen molar-refractivity contribution >= 4 is 0 Å². The molecule has 1 fully saturated rings. The van der Waals surface area contributed by atoms with Gasteiger partial charge in [0.2, 0.25) is 0 Å². The SMILES string of the molecule is CC1CN(CCCCC(C)(O)CN)CCCO1. The van der Waals surface area contributed by atoms with Gasteiger partial charge in [-0.05, 0) is 46.1 Å². The van der Waals surface area contributed by atoms with Crippen LogP contribution < -0.4 is 5.73 Å². The molecule has 0 aromatic heterocycles. The van der Waals surface area contributed by atoms with Crippen LogP contribution in [0.3, 0.4) is 0 Å². The number of ether oxygens (including phenoxy) is 1. The molecule has 3 N–H and O–H groups in total. The maximum absolute atomic E-state index is 9.79. The third kappa shape index (κ3) is 6.36. The quantitative estimate of drug-likeness (QED) is 0.684. The van der Waals surface area contributed by atoms with E-state index in [4.69, 9.17) is 10.5 Å². The first kappa shape index (κ1) is 14.9. The average Bonchev–Trinajstić information content (AvgIpc) is 2.49. The highest BCUT2D eigenvalue weighted by atomic mass is 16.5. The van der Waals surface area contributed by atoms with E-state index in [1.54, 1.807) is 0 Å². The monoisotopic (exact) mass is 244 g/mol. The Hall–Kier alpha value is -0.160. The number of unbranched alkanes of at least 4 members (excludes halogenated alkanes) is 1. The first-order valence-corrected chi connectivity index (χ1v) is 6.80. The van der Waals surface area contributed by atoms with E-state index in [1.807, 2.05) is 6.92 Å². The Morgan fingerprint density at radius 2 is 2.24 bits per heavy atom. The highest BCUT2D eigenvalue weighted by Crippen LogP contribution is 2.13. The fourth-order valence-electron chi connectivity index (χ4n) is 2.23. The van der Waals surface area contributed by atoms with Crippen molar-refractivity contribution in [2.45, 2.75) is 51.2 Å². The van der Waals surface area contributed by atoms with E-state index in [1.165, 1.54) is 0 Å². The zero-order valence-electron chi connectivity index (χ0n) is 11.3. The smallest absolute Gasteiger partial charge is 0.0741 e. The van der Waals surface area contributed by atoms with Crippen molar-refractivity contribution in [2.75, 3.05) is 32.8 Å². The third-order valence-electron chi connectivity index (χ3n) is 3.42. The summed E-state index contributed by atoms with van der Waals surface area (Å²) in [5.41, 5.74) is 4.81. The average molecular weight is 244 g/mol. The predicted molar refractivity (Wildman–Crippen MR) is 70.0 cm³/mol. The molecule has 0 saturated carbocycles. The van der Waals surface area contributed by atoms with Gasteiger partial charge >= 0.3 is 0 Å². The number of nitrogens with two attached hydrogens (primary N) is 1. The lowest BCUT2D eigenvalue weighted by Gasteiger charge is -2.24. The highest BCUT2D eigenvalue weighted by molar-refractivity contribution is 4.73. The minimum Gasteiger partial charge on any atom is -0.389 e. The van der Waals surface area contributed by atoms with Crippen LogP contribution in [0.4, 0.5) is 0 Å². The van der Waals surface area contributed by atoms with Gasteiger partial charge in [0.15, 0.2) is 0 Å². The van der Waals surface area contributed by atoms with E-state index < -0.39 is 5.60 Å². The molecule has 0 bridgehead atoms. The van der Waals surface area contributed by atoms with Crippen molar-refractivity contribution in [2.24, 2.45) is 5.73 Å². The normalized spacial score (nSPS) is 26.5. The predicted octanol–water partition coefficient (Wildman–Crippen LogP) is 0.977. The van der Waals surface area contributed by atoms with E-state index in [0.717, 1.165) is 51.9 Å². The van der Waals surface area contributed by atoms with E-state index in [-0.39, 0.29) is 0 Å². The molecule has 4 heteroatoms. The molecule has 2 atom stereocenters. The Kier molecular flexibility index (Phi) is 6.41. The van der Waals surface area contributed by atoms with Crippen LogP contribution in [0.5, 0.6) is 0 Å². The van der Waals surface area contributed by atoms with E-state index in [2.05, 4.69) is 11.8 Å². The summed E-state index contributed by atoms with van der Waals surface area (Å²) in [5, 5.41) is 9.79. The van der Waals surface area contributed by atoms with Crippen molar-refractivity contribution in [3.63, 3.8) is 0 Å². The molecule has 1 aliphatic rings. The van der Waals surface area contributed by atoms with Crippen LogP contribution in [0.1, 0.15) is 39.5 Å². The molecule has 4 nitrogen and oxygen atoms in total. The Labute approximate surface area is 105 Å². The fraction of sp³-hybridized carbons (Fsp3) is 1.00. The van der Waals surface area contributed by atoms with Gasteiger partial charge in [0.1, 0.15) is 0 Å². The minimum absolute atomic E-state index is 0.349. The van der Waals surface area contributed by atoms with Crippen molar-refractivity contribution in [1.29, 1.82) is 0 Å². The molecule has 0 aromatic carbocycles. The van der Waals surface area contributed by atoms with Gasteiger partial charge in [0.05, 0.1) is 11.7 Å². The van der Waals surface area contributed by atoms with Crippen molar-refractivity contribution in [3.8, 4) is 0 Å². The Balaban J connectivity index is 2.13. The maximum Gasteiger partial charge on any atom is 0.0741 e. The van der Waals surface area contributed by atoms with Crippen LogP contribution in [0.2, 0.25) is 0 Å². The second-order valence-electron chi connectivity index (χ2n) is 5.49. The first-order chi connectivity index (χ1) is 8.03. The number of aliphatic hydroxyl groups is 1. The summed E-state index contributed by atoms with van der Waals surface area (Å²) in [6.45, 7) is 8.47. The van der Waals surface area contributed by atoms with Gasteiger partial charge in [-0.25, -0.2) is 0 Å². The van der Waals surface area contributed by atoms with Crippen LogP contribution in [-0.4, -0.2) is 54.5 Å². The summed E-state index contributed by atoms with van der Waals surface area (Å²) >= 11 is 0. The van der Waals surface area contributed by atoms with Crippen molar-refractivity contribution < 1.29 is 9.84 Å². The zero-order valence-corrected chi connectivity index (χ0v) is 11.3. The van der Waals surface area contributed by atoms with Crippen molar-refractivity contribution in [1.82, 2.24) is 4.90 Å². The van der Waals surface area contributed by atoms with Gasteiger partial charge < -0.3 is 20.5 Å². The molecule has 1 saturated heterocycles. The third-order valence-corrected chi connectivity index (χ3v) is 3.42. The number of hydrogen-bond acceptors (Lipinski definition) is 4. The van der Waals surface area contributed by atoms with Gasteiger partial charge in [0.25, 0.3) is 0 Å². The molecule has 0 amide bonds. The molecule has 17 heavy (non-hydrogen) atoms. The second kappa shape index (κ2) is 7.31. The van der Waals surface area contributed by atoms with Gasteiger partial charge in [-0.2, -0.15) is 0 Å². The molecule has 1 rings (SSSR count). The van der Waals surface area contributed by atoms with Gasteiger partial charge in [0, 0.05) is 26.2 Å². The first-order valence-electron chi connectivity index (χ1n) is 6.80. The summed E-state index contributed by atoms with van der Waals surface area (Å²) in [6.07, 6.45) is 4.44. The lowest BCUT2D eigenvalue weighted by Crippen LogP contribution is -2.34. The number of nitrogens with zero attached hydrogens (tertiary/aromatic N) is 1. The summed E-state index contributed by atoms with van der Waals surface area (Å²) in [4.78, 5) is 2.47. The van der Waals surface area contributed by atoms with E-state index in [9.17, 15) is 5.11 Å². The van der Waals surface area contributed by atoms with Crippen LogP contribution in [0.15, 0.2) is 0 Å². The van der Waals surface area contributed by atoms with Gasteiger partial charge in [-0.15, -0.1) is 0 Å². The topological polar surface area (TPSA) is 58.7 Å². The molecule has 1 heterocycles. The number of hydrogen-bond donors (Lipinski definition) is 2. The molecule has 102 valence electrons. The largest absolute Gasteiger partial charge is 0.389 e. The molecule has 2 unspecified atom stereocenters. The second-order valence-corrected chi connectivity index (χ2v) is 5.49. The standard InChI is InChI=1S/C13H28N2O2/c1-12-10-15(8-5-9-17-12)7-4-3-6-13(2,16)11-14/h12,16H,3-11,14H2,1-2H3. The molecule has 0 radical (unpaired) electrons. The lowest BCUT2D eigenvalue weighted by molar-refractivity contribution is 0.0544. The molecule has 0 aliphatic carbocycles. The molecular weight excluding hydrogens is 216 g/mol. The van der Waals surface area contributed by atoms with Crippen LogP contribution in [-0.2, 0) is 4.74 Å². The molecular formula is C13H28N2O2.